The standard InChI is InChI=1S/C19H20ClF3N4OS/c1-12-4-2-3-7-27(12)16-9-18(25-11-24-16)29-10-17(28)26-13-5-6-15(20)14(8-13)19(21,22)23/h5-6,8-9,11-12H,2-4,7,10H2,1H3,(H,26,28). The molecule has 1 N–H and O–H groups in total. The van der Waals surface area contributed by atoms with Crippen LogP contribution in [-0.4, -0.2) is 34.2 Å². The Morgan fingerprint density at radius 3 is 2.83 bits per heavy atom. The van der Waals surface area contributed by atoms with Crippen molar-refractivity contribution in [2.45, 2.75) is 43.4 Å². The summed E-state index contributed by atoms with van der Waals surface area (Å²) in [6.07, 6.45) is 0.294. The molecule has 0 bridgehead atoms. The van der Waals surface area contributed by atoms with Crippen LogP contribution in [0.1, 0.15) is 31.7 Å². The van der Waals surface area contributed by atoms with Crippen LogP contribution in [0.25, 0.3) is 0 Å². The van der Waals surface area contributed by atoms with Gasteiger partial charge in [0.1, 0.15) is 17.2 Å². The molecule has 2 heterocycles. The number of thioether (sulfide) groups is 1. The first-order chi connectivity index (χ1) is 13.7. The predicted molar refractivity (Wildman–Crippen MR) is 108 cm³/mol. The molecule has 1 saturated heterocycles. The van der Waals surface area contributed by atoms with E-state index in [1.807, 2.05) is 6.07 Å². The van der Waals surface area contributed by atoms with E-state index < -0.39 is 22.7 Å². The second-order valence-corrected chi connectivity index (χ2v) is 8.18. The van der Waals surface area contributed by atoms with E-state index >= 15 is 0 Å². The van der Waals surface area contributed by atoms with Crippen LogP contribution in [0.2, 0.25) is 5.02 Å². The molecule has 5 nitrogen and oxygen atoms in total. The number of aromatic nitrogens is 2. The van der Waals surface area contributed by atoms with Crippen molar-refractivity contribution in [2.24, 2.45) is 0 Å². The molecule has 0 saturated carbocycles. The number of nitrogens with one attached hydrogen (secondary N) is 1. The summed E-state index contributed by atoms with van der Waals surface area (Å²) in [5.41, 5.74) is -0.946. The zero-order valence-corrected chi connectivity index (χ0v) is 17.2. The lowest BCUT2D eigenvalue weighted by Crippen LogP contribution is -2.38. The van der Waals surface area contributed by atoms with Gasteiger partial charge in [-0.25, -0.2) is 9.97 Å². The molecule has 1 amide bonds. The number of carbonyl (C=O) groups is 1. The third-order valence-corrected chi connectivity index (χ3v) is 5.89. The van der Waals surface area contributed by atoms with Crippen molar-refractivity contribution in [1.29, 1.82) is 0 Å². The number of nitrogens with zero attached hydrogens (tertiary/aromatic N) is 3. The van der Waals surface area contributed by atoms with Gasteiger partial charge in [0.25, 0.3) is 0 Å². The number of amides is 1. The lowest BCUT2D eigenvalue weighted by Gasteiger charge is -2.34. The molecule has 1 unspecified atom stereocenters. The van der Waals surface area contributed by atoms with Gasteiger partial charge in [-0.1, -0.05) is 23.4 Å². The molecule has 156 valence electrons. The van der Waals surface area contributed by atoms with E-state index in [-0.39, 0.29) is 11.4 Å². The Hall–Kier alpha value is -2.00. The zero-order valence-electron chi connectivity index (χ0n) is 15.7. The average Bonchev–Trinajstić information content (AvgIpc) is 2.67. The Balaban J connectivity index is 1.61. The summed E-state index contributed by atoms with van der Waals surface area (Å²) < 4.78 is 38.8. The molecule has 2 aromatic rings. The minimum atomic E-state index is -4.59. The van der Waals surface area contributed by atoms with E-state index in [2.05, 4.69) is 27.1 Å². The SMILES string of the molecule is CC1CCCCN1c1cc(SCC(=O)Nc2ccc(Cl)c(C(F)(F)F)c2)ncn1. The molecule has 0 aliphatic carbocycles. The molecule has 3 rings (SSSR count). The largest absolute Gasteiger partial charge is 0.417 e. The molecular formula is C19H20ClF3N4OS. The average molecular weight is 445 g/mol. The fourth-order valence-corrected chi connectivity index (χ4v) is 4.05. The second kappa shape index (κ2) is 9.21. The van der Waals surface area contributed by atoms with Gasteiger partial charge in [0.15, 0.2) is 0 Å². The minimum absolute atomic E-state index is 0.00991. The van der Waals surface area contributed by atoms with Crippen LogP contribution >= 0.6 is 23.4 Å². The third-order valence-electron chi connectivity index (χ3n) is 4.63. The number of piperidine rings is 1. The van der Waals surface area contributed by atoms with Crippen LogP contribution in [0, 0.1) is 0 Å². The molecule has 10 heteroatoms. The Bertz CT molecular complexity index is 881. The molecule has 1 aromatic heterocycles. The van der Waals surface area contributed by atoms with E-state index in [4.69, 9.17) is 11.6 Å². The smallest absolute Gasteiger partial charge is 0.354 e. The summed E-state index contributed by atoms with van der Waals surface area (Å²) in [6, 6.07) is 5.51. The van der Waals surface area contributed by atoms with Crippen molar-refractivity contribution in [3.05, 3.63) is 41.2 Å². The van der Waals surface area contributed by atoms with E-state index in [0.717, 1.165) is 37.3 Å². The van der Waals surface area contributed by atoms with E-state index in [0.29, 0.717) is 11.1 Å². The predicted octanol–water partition coefficient (Wildman–Crippen LogP) is 5.26. The number of hydrogen-bond acceptors (Lipinski definition) is 5. The van der Waals surface area contributed by atoms with Crippen molar-refractivity contribution in [3.63, 3.8) is 0 Å². The second-order valence-electron chi connectivity index (χ2n) is 6.78. The lowest BCUT2D eigenvalue weighted by atomic mass is 10.0. The molecule has 1 aromatic carbocycles. The lowest BCUT2D eigenvalue weighted by molar-refractivity contribution is -0.137. The quantitative estimate of drug-likeness (QED) is 0.503. The summed E-state index contributed by atoms with van der Waals surface area (Å²) >= 11 is 6.79. The fourth-order valence-electron chi connectivity index (χ4n) is 3.16. The first kappa shape index (κ1) is 21.7. The molecule has 1 atom stereocenters. The third kappa shape index (κ3) is 5.76. The fraction of sp³-hybridized carbons (Fsp3) is 0.421. The molecule has 29 heavy (non-hydrogen) atoms. The van der Waals surface area contributed by atoms with Gasteiger partial charge in [-0.15, -0.1) is 0 Å². The summed E-state index contributed by atoms with van der Waals surface area (Å²) in [5, 5.41) is 2.69. The maximum Gasteiger partial charge on any atom is 0.417 e. The maximum absolute atomic E-state index is 12.9. The van der Waals surface area contributed by atoms with Gasteiger partial charge in [-0.2, -0.15) is 13.2 Å². The van der Waals surface area contributed by atoms with Crippen molar-refractivity contribution in [3.8, 4) is 0 Å². The minimum Gasteiger partial charge on any atom is -0.354 e. The topological polar surface area (TPSA) is 58.1 Å². The van der Waals surface area contributed by atoms with Crippen molar-refractivity contribution in [1.82, 2.24) is 9.97 Å². The van der Waals surface area contributed by atoms with Gasteiger partial charge in [-0.3, -0.25) is 4.79 Å². The van der Waals surface area contributed by atoms with E-state index in [1.165, 1.54) is 30.6 Å². The van der Waals surface area contributed by atoms with Gasteiger partial charge >= 0.3 is 6.18 Å². The zero-order chi connectivity index (χ0) is 21.0. The van der Waals surface area contributed by atoms with Crippen LogP contribution in [0.3, 0.4) is 0 Å². The first-order valence-electron chi connectivity index (χ1n) is 9.12. The van der Waals surface area contributed by atoms with Crippen LogP contribution in [0.4, 0.5) is 24.7 Å². The van der Waals surface area contributed by atoms with E-state index in [9.17, 15) is 18.0 Å². The number of halogens is 4. The molecule has 1 aliphatic heterocycles. The normalized spacial score (nSPS) is 17.3. The van der Waals surface area contributed by atoms with Gasteiger partial charge in [0, 0.05) is 24.3 Å². The highest BCUT2D eigenvalue weighted by Crippen LogP contribution is 2.36. The van der Waals surface area contributed by atoms with Gasteiger partial charge in [-0.05, 0) is 44.4 Å². The number of benzene rings is 1. The summed E-state index contributed by atoms with van der Waals surface area (Å²) in [4.78, 5) is 22.9. The monoisotopic (exact) mass is 444 g/mol. The molecule has 0 spiro atoms. The highest BCUT2D eigenvalue weighted by atomic mass is 35.5. The van der Waals surface area contributed by atoms with Crippen molar-refractivity contribution < 1.29 is 18.0 Å². The Labute approximate surface area is 176 Å². The number of rotatable bonds is 5. The Morgan fingerprint density at radius 2 is 2.10 bits per heavy atom. The highest BCUT2D eigenvalue weighted by Gasteiger charge is 2.33. The summed E-state index contributed by atoms with van der Waals surface area (Å²) in [6.45, 7) is 3.09. The maximum atomic E-state index is 12.9. The number of alkyl halides is 3. The molecule has 0 radical (unpaired) electrons. The number of hydrogen-bond donors (Lipinski definition) is 1. The van der Waals surface area contributed by atoms with Gasteiger partial charge in [0.2, 0.25) is 5.91 Å². The molecular weight excluding hydrogens is 425 g/mol. The van der Waals surface area contributed by atoms with Crippen LogP contribution in [-0.2, 0) is 11.0 Å². The Morgan fingerprint density at radius 1 is 1.31 bits per heavy atom. The van der Waals surface area contributed by atoms with Crippen LogP contribution in [0.15, 0.2) is 35.6 Å². The van der Waals surface area contributed by atoms with Crippen LogP contribution in [0.5, 0.6) is 0 Å². The molecule has 1 aliphatic rings. The molecule has 1 fully saturated rings. The highest BCUT2D eigenvalue weighted by molar-refractivity contribution is 7.99. The first-order valence-corrected chi connectivity index (χ1v) is 10.5. The van der Waals surface area contributed by atoms with Crippen molar-refractivity contribution >= 4 is 40.8 Å². The van der Waals surface area contributed by atoms with Crippen molar-refractivity contribution in [2.75, 3.05) is 22.5 Å². The van der Waals surface area contributed by atoms with E-state index in [1.54, 1.807) is 0 Å². The van der Waals surface area contributed by atoms with Gasteiger partial charge < -0.3 is 10.2 Å². The number of anilines is 2. The number of carbonyl (C=O) groups excluding carboxylic acids is 1. The summed E-state index contributed by atoms with van der Waals surface area (Å²) in [5.74, 6) is 0.398. The Kier molecular flexibility index (Phi) is 6.89. The summed E-state index contributed by atoms with van der Waals surface area (Å²) in [7, 11) is 0. The van der Waals surface area contributed by atoms with Crippen LogP contribution < -0.4 is 10.2 Å². The van der Waals surface area contributed by atoms with Gasteiger partial charge in [0.05, 0.1) is 16.3 Å².